The van der Waals surface area contributed by atoms with E-state index in [1.165, 1.54) is 12.4 Å². The summed E-state index contributed by atoms with van der Waals surface area (Å²) in [6.45, 7) is 7.44. The number of rotatable bonds is 8. The molecule has 1 atom stereocenters. The molecule has 3 N–H and O–H groups in total. The van der Waals surface area contributed by atoms with Crippen molar-refractivity contribution in [3.63, 3.8) is 0 Å². The number of fused-ring (bicyclic) bond motifs is 1. The van der Waals surface area contributed by atoms with Crippen molar-refractivity contribution in [1.82, 2.24) is 30.2 Å². The van der Waals surface area contributed by atoms with Gasteiger partial charge in [-0.3, -0.25) is 15.1 Å². The number of ether oxygens (including phenoxy) is 2. The Hall–Kier alpha value is -3.03. The lowest BCUT2D eigenvalue weighted by Crippen LogP contribution is -2.30. The highest BCUT2D eigenvalue weighted by Gasteiger charge is 2.21. The summed E-state index contributed by atoms with van der Waals surface area (Å²) in [6, 6.07) is -0.340. The smallest absolute Gasteiger partial charge is 0.413 e. The monoisotopic (exact) mass is 525 g/mol. The zero-order chi connectivity index (χ0) is 25.8. The van der Waals surface area contributed by atoms with Gasteiger partial charge in [-0.15, -0.1) is 0 Å². The van der Waals surface area contributed by atoms with Crippen LogP contribution in [-0.2, 0) is 4.74 Å². The maximum Gasteiger partial charge on any atom is 0.413 e. The molecule has 3 heterocycles. The molecule has 0 aromatic carbocycles. The van der Waals surface area contributed by atoms with E-state index in [1.807, 2.05) is 6.92 Å². The molecule has 3 aromatic rings. The van der Waals surface area contributed by atoms with Crippen molar-refractivity contribution < 1.29 is 18.7 Å². The predicted molar refractivity (Wildman–Crippen MR) is 131 cm³/mol. The van der Waals surface area contributed by atoms with Crippen molar-refractivity contribution in [2.75, 3.05) is 24.7 Å². The zero-order valence-electron chi connectivity index (χ0n) is 19.7. The minimum Gasteiger partial charge on any atom is -0.476 e. The summed E-state index contributed by atoms with van der Waals surface area (Å²) >= 11 is 7.04. The van der Waals surface area contributed by atoms with Gasteiger partial charge in [0.1, 0.15) is 23.1 Å². The van der Waals surface area contributed by atoms with Crippen LogP contribution in [0.3, 0.4) is 0 Å². The molecular formula is C21H25ClFN7O4S. The standard InChI is InChI=1S/C21H25ClFN7O4S/c1-10(13-16(26-7-6-25-13)29-20(32)34-21(2,3)4)24-8-9-33-18-11-14(12(23)15(22)28-18)27-19(35-5)30-17(11)31/h6-7,10,24H,8-9H2,1-5H3,(H,26,29,32)(H,27,30,31). The van der Waals surface area contributed by atoms with Gasteiger partial charge in [0.2, 0.25) is 5.88 Å². The van der Waals surface area contributed by atoms with Gasteiger partial charge in [-0.2, -0.15) is 4.98 Å². The second-order valence-electron chi connectivity index (χ2n) is 8.26. The SMILES string of the molecule is CSc1nc2c(F)c(Cl)nc(OCCNC(C)c3nccnc3NC(=O)OC(C)(C)C)c2c(=O)[nH]1. The number of hydrogen-bond acceptors (Lipinski definition) is 10. The Labute approximate surface area is 209 Å². The van der Waals surface area contributed by atoms with Gasteiger partial charge in [-0.1, -0.05) is 23.4 Å². The number of carbonyl (C=O) groups is 1. The van der Waals surface area contributed by atoms with Crippen LogP contribution in [0.5, 0.6) is 5.88 Å². The molecule has 35 heavy (non-hydrogen) atoms. The van der Waals surface area contributed by atoms with Crippen LogP contribution in [0.25, 0.3) is 10.9 Å². The van der Waals surface area contributed by atoms with E-state index < -0.39 is 28.2 Å². The Kier molecular flexibility index (Phi) is 8.46. The Balaban J connectivity index is 1.68. The number of nitrogens with zero attached hydrogens (tertiary/aromatic N) is 4. The van der Waals surface area contributed by atoms with Gasteiger partial charge >= 0.3 is 6.09 Å². The summed E-state index contributed by atoms with van der Waals surface area (Å²) < 4.78 is 25.3. The van der Waals surface area contributed by atoms with Crippen LogP contribution < -0.4 is 20.9 Å². The topological polar surface area (TPSA) is 144 Å². The van der Waals surface area contributed by atoms with Crippen LogP contribution in [0.1, 0.15) is 39.4 Å². The van der Waals surface area contributed by atoms with Gasteiger partial charge < -0.3 is 19.8 Å². The lowest BCUT2D eigenvalue weighted by atomic mass is 10.2. The van der Waals surface area contributed by atoms with Crippen LogP contribution in [0.2, 0.25) is 5.15 Å². The van der Waals surface area contributed by atoms with Crippen LogP contribution in [0.4, 0.5) is 15.0 Å². The maximum atomic E-state index is 14.4. The predicted octanol–water partition coefficient (Wildman–Crippen LogP) is 3.70. The fourth-order valence-corrected chi connectivity index (χ4v) is 3.53. The number of pyridine rings is 1. The summed E-state index contributed by atoms with van der Waals surface area (Å²) in [5.74, 6) is -0.772. The molecule has 0 saturated heterocycles. The first-order valence-electron chi connectivity index (χ1n) is 10.5. The number of amides is 1. The zero-order valence-corrected chi connectivity index (χ0v) is 21.3. The average Bonchev–Trinajstić information content (AvgIpc) is 2.78. The normalized spacial score (nSPS) is 12.4. The summed E-state index contributed by atoms with van der Waals surface area (Å²) in [5.41, 5.74) is -0.983. The third-order valence-electron chi connectivity index (χ3n) is 4.44. The number of halogens is 2. The molecule has 0 aliphatic heterocycles. The van der Waals surface area contributed by atoms with Crippen LogP contribution in [0.15, 0.2) is 22.3 Å². The van der Waals surface area contributed by atoms with Gasteiger partial charge in [-0.25, -0.2) is 19.2 Å². The molecule has 3 rings (SSSR count). The van der Waals surface area contributed by atoms with E-state index in [0.717, 1.165) is 11.8 Å². The number of thioether (sulfide) groups is 1. The lowest BCUT2D eigenvalue weighted by Gasteiger charge is -2.21. The number of nitrogens with one attached hydrogen (secondary N) is 3. The highest BCUT2D eigenvalue weighted by molar-refractivity contribution is 7.98. The van der Waals surface area contributed by atoms with Crippen molar-refractivity contribution in [2.45, 2.75) is 44.5 Å². The molecule has 0 aliphatic carbocycles. The molecule has 11 nitrogen and oxygen atoms in total. The molecule has 0 saturated carbocycles. The molecule has 0 fully saturated rings. The van der Waals surface area contributed by atoms with Crippen molar-refractivity contribution >= 4 is 46.2 Å². The Bertz CT molecular complexity index is 1280. The molecule has 14 heteroatoms. The fourth-order valence-electron chi connectivity index (χ4n) is 2.98. The Morgan fingerprint density at radius 1 is 1.29 bits per heavy atom. The first-order chi connectivity index (χ1) is 16.5. The van der Waals surface area contributed by atoms with E-state index >= 15 is 0 Å². The number of hydrogen-bond donors (Lipinski definition) is 3. The van der Waals surface area contributed by atoms with Crippen LogP contribution in [-0.4, -0.2) is 56.0 Å². The Morgan fingerprint density at radius 2 is 2.00 bits per heavy atom. The third kappa shape index (κ3) is 6.77. The summed E-state index contributed by atoms with van der Waals surface area (Å²) in [5, 5.41) is 5.44. The molecule has 188 valence electrons. The summed E-state index contributed by atoms with van der Waals surface area (Å²) in [4.78, 5) is 43.5. The highest BCUT2D eigenvalue weighted by atomic mass is 35.5. The van der Waals surface area contributed by atoms with E-state index in [4.69, 9.17) is 21.1 Å². The van der Waals surface area contributed by atoms with E-state index in [1.54, 1.807) is 27.0 Å². The number of H-pyrrole nitrogens is 1. The molecular weight excluding hydrogens is 501 g/mol. The van der Waals surface area contributed by atoms with Gasteiger partial charge in [0.05, 0.1) is 11.7 Å². The first kappa shape index (κ1) is 26.6. The van der Waals surface area contributed by atoms with Gasteiger partial charge in [0.25, 0.3) is 5.56 Å². The molecule has 0 radical (unpaired) electrons. The van der Waals surface area contributed by atoms with E-state index in [0.29, 0.717) is 5.69 Å². The lowest BCUT2D eigenvalue weighted by molar-refractivity contribution is 0.0635. The minimum atomic E-state index is -0.894. The summed E-state index contributed by atoms with van der Waals surface area (Å²) in [6.07, 6.45) is 4.00. The molecule has 1 amide bonds. The van der Waals surface area contributed by atoms with Crippen LogP contribution >= 0.6 is 23.4 Å². The number of anilines is 1. The van der Waals surface area contributed by atoms with E-state index in [-0.39, 0.29) is 47.0 Å². The average molecular weight is 526 g/mol. The second-order valence-corrected chi connectivity index (χ2v) is 9.41. The molecule has 1 unspecified atom stereocenters. The number of aromatic nitrogens is 5. The van der Waals surface area contributed by atoms with Gasteiger partial charge in [0.15, 0.2) is 21.9 Å². The summed E-state index contributed by atoms with van der Waals surface area (Å²) in [7, 11) is 0. The quantitative estimate of drug-likeness (QED) is 0.172. The Morgan fingerprint density at radius 3 is 2.69 bits per heavy atom. The van der Waals surface area contributed by atoms with Crippen molar-refractivity contribution in [1.29, 1.82) is 0 Å². The largest absolute Gasteiger partial charge is 0.476 e. The van der Waals surface area contributed by atoms with Crippen molar-refractivity contribution in [3.8, 4) is 5.88 Å². The van der Waals surface area contributed by atoms with Crippen molar-refractivity contribution in [2.24, 2.45) is 0 Å². The minimum absolute atomic E-state index is 0.0627. The van der Waals surface area contributed by atoms with E-state index in [9.17, 15) is 14.0 Å². The number of carbonyl (C=O) groups excluding carboxylic acids is 1. The maximum absolute atomic E-state index is 14.4. The van der Waals surface area contributed by atoms with Gasteiger partial charge in [-0.05, 0) is 34.0 Å². The van der Waals surface area contributed by atoms with Gasteiger partial charge in [0, 0.05) is 18.9 Å². The third-order valence-corrected chi connectivity index (χ3v) is 5.27. The molecule has 0 aliphatic rings. The number of aromatic amines is 1. The molecule has 3 aromatic heterocycles. The highest BCUT2D eigenvalue weighted by Crippen LogP contribution is 2.27. The van der Waals surface area contributed by atoms with E-state index in [2.05, 4.69) is 35.6 Å². The second kappa shape index (κ2) is 11.1. The molecule has 0 bridgehead atoms. The van der Waals surface area contributed by atoms with Crippen molar-refractivity contribution in [3.05, 3.63) is 39.4 Å². The molecule has 0 spiro atoms. The fraction of sp³-hybridized carbons (Fsp3) is 0.429. The first-order valence-corrected chi connectivity index (χ1v) is 12.1. The van der Waals surface area contributed by atoms with Crippen LogP contribution in [0, 0.1) is 5.82 Å².